The SMILES string of the molecule is CCOc1cncc(C(Cc2cccc(F)c2F)NN)c1. The van der Waals surface area contributed by atoms with Crippen LogP contribution >= 0.6 is 0 Å². The highest BCUT2D eigenvalue weighted by molar-refractivity contribution is 5.28. The van der Waals surface area contributed by atoms with Gasteiger partial charge in [-0.05, 0) is 36.6 Å². The van der Waals surface area contributed by atoms with E-state index < -0.39 is 17.7 Å². The Morgan fingerprint density at radius 3 is 2.86 bits per heavy atom. The maximum Gasteiger partial charge on any atom is 0.162 e. The molecule has 4 nitrogen and oxygen atoms in total. The molecule has 0 bridgehead atoms. The largest absolute Gasteiger partial charge is 0.492 e. The van der Waals surface area contributed by atoms with Crippen molar-refractivity contribution in [3.8, 4) is 5.75 Å². The number of benzene rings is 1. The van der Waals surface area contributed by atoms with Crippen molar-refractivity contribution in [3.63, 3.8) is 0 Å². The fourth-order valence-electron chi connectivity index (χ4n) is 2.07. The molecule has 3 N–H and O–H groups in total. The highest BCUT2D eigenvalue weighted by atomic mass is 19.2. The summed E-state index contributed by atoms with van der Waals surface area (Å²) in [5.74, 6) is 4.41. The average Bonchev–Trinajstić information content (AvgIpc) is 2.49. The number of ether oxygens (including phenoxy) is 1. The summed E-state index contributed by atoms with van der Waals surface area (Å²) in [4.78, 5) is 4.07. The van der Waals surface area contributed by atoms with Crippen LogP contribution in [0, 0.1) is 11.6 Å². The van der Waals surface area contributed by atoms with E-state index in [9.17, 15) is 8.78 Å². The van der Waals surface area contributed by atoms with Gasteiger partial charge in [0.2, 0.25) is 0 Å². The predicted molar refractivity (Wildman–Crippen MR) is 75.5 cm³/mol. The lowest BCUT2D eigenvalue weighted by Gasteiger charge is -2.17. The molecule has 0 fully saturated rings. The highest BCUT2D eigenvalue weighted by Crippen LogP contribution is 2.23. The minimum atomic E-state index is -0.871. The molecule has 1 unspecified atom stereocenters. The Bertz CT molecular complexity index is 607. The van der Waals surface area contributed by atoms with E-state index in [1.165, 1.54) is 12.1 Å². The zero-order chi connectivity index (χ0) is 15.2. The molecule has 0 saturated carbocycles. The van der Waals surface area contributed by atoms with Gasteiger partial charge in [0, 0.05) is 6.20 Å². The lowest BCUT2D eigenvalue weighted by molar-refractivity contribution is 0.337. The Morgan fingerprint density at radius 2 is 2.14 bits per heavy atom. The number of hydrogen-bond donors (Lipinski definition) is 2. The van der Waals surface area contributed by atoms with Gasteiger partial charge in [-0.1, -0.05) is 12.1 Å². The molecule has 1 aromatic carbocycles. The summed E-state index contributed by atoms with van der Waals surface area (Å²) in [6, 6.07) is 5.46. The molecule has 0 aliphatic carbocycles. The number of hydrazine groups is 1. The topological polar surface area (TPSA) is 60.2 Å². The Morgan fingerprint density at radius 1 is 1.33 bits per heavy atom. The molecule has 1 atom stereocenters. The van der Waals surface area contributed by atoms with E-state index in [-0.39, 0.29) is 12.0 Å². The molecule has 2 aromatic rings. The van der Waals surface area contributed by atoms with E-state index in [0.717, 1.165) is 11.6 Å². The van der Waals surface area contributed by atoms with Crippen LogP contribution in [-0.4, -0.2) is 11.6 Å². The zero-order valence-electron chi connectivity index (χ0n) is 11.6. The molecule has 112 valence electrons. The summed E-state index contributed by atoms with van der Waals surface area (Å²) in [5.41, 5.74) is 3.59. The molecule has 0 saturated heterocycles. The van der Waals surface area contributed by atoms with Crippen molar-refractivity contribution in [2.24, 2.45) is 5.84 Å². The van der Waals surface area contributed by atoms with Crippen LogP contribution in [0.1, 0.15) is 24.1 Å². The predicted octanol–water partition coefficient (Wildman–Crippen LogP) is 2.51. The van der Waals surface area contributed by atoms with E-state index in [1.54, 1.807) is 18.5 Å². The third-order valence-corrected chi connectivity index (χ3v) is 3.10. The third kappa shape index (κ3) is 3.74. The number of hydrogen-bond acceptors (Lipinski definition) is 4. The maximum atomic E-state index is 13.7. The Labute approximate surface area is 121 Å². The molecule has 21 heavy (non-hydrogen) atoms. The number of nitrogens with zero attached hydrogens (tertiary/aromatic N) is 1. The lowest BCUT2D eigenvalue weighted by atomic mass is 10.00. The highest BCUT2D eigenvalue weighted by Gasteiger charge is 2.16. The summed E-state index contributed by atoms with van der Waals surface area (Å²) in [7, 11) is 0. The fourth-order valence-corrected chi connectivity index (χ4v) is 2.07. The van der Waals surface area contributed by atoms with Crippen LogP contribution in [0.5, 0.6) is 5.75 Å². The second-order valence-corrected chi connectivity index (χ2v) is 4.52. The van der Waals surface area contributed by atoms with Crippen molar-refractivity contribution in [2.45, 2.75) is 19.4 Å². The second-order valence-electron chi connectivity index (χ2n) is 4.52. The summed E-state index contributed by atoms with van der Waals surface area (Å²) in [6.07, 6.45) is 3.41. The number of nitrogens with two attached hydrogens (primary N) is 1. The number of rotatable bonds is 6. The molecule has 6 heteroatoms. The van der Waals surface area contributed by atoms with Gasteiger partial charge in [-0.15, -0.1) is 0 Å². The Hall–Kier alpha value is -2.05. The van der Waals surface area contributed by atoms with Crippen LogP contribution in [0.3, 0.4) is 0 Å². The van der Waals surface area contributed by atoms with Gasteiger partial charge in [0.1, 0.15) is 5.75 Å². The Balaban J connectivity index is 2.23. The molecule has 2 rings (SSSR count). The maximum absolute atomic E-state index is 13.7. The Kier molecular flexibility index (Phi) is 5.19. The van der Waals surface area contributed by atoms with Gasteiger partial charge in [-0.25, -0.2) is 8.78 Å². The molecule has 0 radical (unpaired) electrons. The summed E-state index contributed by atoms with van der Waals surface area (Å²) in [6.45, 7) is 2.39. The van der Waals surface area contributed by atoms with E-state index in [0.29, 0.717) is 12.4 Å². The number of pyridine rings is 1. The van der Waals surface area contributed by atoms with Crippen LogP contribution in [0.2, 0.25) is 0 Å². The smallest absolute Gasteiger partial charge is 0.162 e. The van der Waals surface area contributed by atoms with E-state index in [2.05, 4.69) is 10.4 Å². The van der Waals surface area contributed by atoms with Crippen molar-refractivity contribution in [1.29, 1.82) is 0 Å². The molecular formula is C15H17F2N3O. The molecule has 1 aromatic heterocycles. The van der Waals surface area contributed by atoms with Gasteiger partial charge in [0.05, 0.1) is 18.8 Å². The second kappa shape index (κ2) is 7.10. The first kappa shape index (κ1) is 15.3. The normalized spacial score (nSPS) is 12.2. The van der Waals surface area contributed by atoms with Crippen LogP contribution in [-0.2, 0) is 6.42 Å². The molecular weight excluding hydrogens is 276 g/mol. The standard InChI is InChI=1S/C15H17F2N3O/c1-2-21-12-6-11(8-19-9-12)14(20-18)7-10-4-3-5-13(16)15(10)17/h3-6,8-9,14,20H,2,7,18H2,1H3. The molecule has 0 spiro atoms. The van der Waals surface area contributed by atoms with Gasteiger partial charge in [0.25, 0.3) is 0 Å². The van der Waals surface area contributed by atoms with Crippen LogP contribution in [0.25, 0.3) is 0 Å². The van der Waals surface area contributed by atoms with Gasteiger partial charge in [0.15, 0.2) is 11.6 Å². The minimum Gasteiger partial charge on any atom is -0.492 e. The van der Waals surface area contributed by atoms with Crippen molar-refractivity contribution in [2.75, 3.05) is 6.61 Å². The molecule has 1 heterocycles. The summed E-state index contributed by atoms with van der Waals surface area (Å²) >= 11 is 0. The minimum absolute atomic E-state index is 0.206. The zero-order valence-corrected chi connectivity index (χ0v) is 11.6. The monoisotopic (exact) mass is 293 g/mol. The lowest BCUT2D eigenvalue weighted by Crippen LogP contribution is -2.30. The van der Waals surface area contributed by atoms with E-state index in [1.807, 2.05) is 6.92 Å². The summed E-state index contributed by atoms with van der Waals surface area (Å²) in [5, 5.41) is 0. The fraction of sp³-hybridized carbons (Fsp3) is 0.267. The van der Waals surface area contributed by atoms with Gasteiger partial charge in [-0.3, -0.25) is 16.3 Å². The van der Waals surface area contributed by atoms with Crippen LogP contribution < -0.4 is 16.0 Å². The number of aromatic nitrogens is 1. The first-order chi connectivity index (χ1) is 10.2. The van der Waals surface area contributed by atoms with E-state index in [4.69, 9.17) is 10.6 Å². The third-order valence-electron chi connectivity index (χ3n) is 3.10. The van der Waals surface area contributed by atoms with Crippen molar-refractivity contribution < 1.29 is 13.5 Å². The molecule has 0 aliphatic heterocycles. The van der Waals surface area contributed by atoms with Gasteiger partial charge in [-0.2, -0.15) is 0 Å². The van der Waals surface area contributed by atoms with Gasteiger partial charge < -0.3 is 4.74 Å². The van der Waals surface area contributed by atoms with Crippen molar-refractivity contribution >= 4 is 0 Å². The van der Waals surface area contributed by atoms with Crippen LogP contribution in [0.4, 0.5) is 8.78 Å². The quantitative estimate of drug-likeness (QED) is 0.634. The molecule has 0 aliphatic rings. The average molecular weight is 293 g/mol. The van der Waals surface area contributed by atoms with Crippen LogP contribution in [0.15, 0.2) is 36.7 Å². The summed E-state index contributed by atoms with van der Waals surface area (Å²) < 4.78 is 32.3. The van der Waals surface area contributed by atoms with Crippen molar-refractivity contribution in [1.82, 2.24) is 10.4 Å². The first-order valence-corrected chi connectivity index (χ1v) is 6.62. The molecule has 0 amide bonds. The van der Waals surface area contributed by atoms with E-state index >= 15 is 0 Å². The first-order valence-electron chi connectivity index (χ1n) is 6.62. The number of halogens is 2. The van der Waals surface area contributed by atoms with Gasteiger partial charge >= 0.3 is 0 Å². The van der Waals surface area contributed by atoms with Crippen molar-refractivity contribution in [3.05, 3.63) is 59.4 Å². The number of nitrogens with one attached hydrogen (secondary N) is 1.